The fraction of sp³-hybridized carbons (Fsp3) is 0.350. The van der Waals surface area contributed by atoms with Crippen molar-refractivity contribution in [3.05, 3.63) is 71.0 Å². The van der Waals surface area contributed by atoms with E-state index in [1.54, 1.807) is 23.1 Å². The van der Waals surface area contributed by atoms with Gasteiger partial charge in [-0.15, -0.1) is 0 Å². The first-order chi connectivity index (χ1) is 12.2. The van der Waals surface area contributed by atoms with Crippen LogP contribution in [0.5, 0.6) is 0 Å². The molecule has 1 atom stereocenters. The molecule has 2 N–H and O–H groups in total. The predicted molar refractivity (Wildman–Crippen MR) is 94.4 cm³/mol. The minimum Gasteiger partial charge on any atom is -0.376 e. The smallest absolute Gasteiger partial charge is 0.254 e. The van der Waals surface area contributed by atoms with Crippen molar-refractivity contribution in [1.82, 2.24) is 4.90 Å². The quantitative estimate of drug-likeness (QED) is 0.878. The van der Waals surface area contributed by atoms with Gasteiger partial charge >= 0.3 is 0 Å². The molecule has 0 radical (unpaired) electrons. The van der Waals surface area contributed by atoms with Gasteiger partial charge in [0.2, 0.25) is 0 Å². The Balaban J connectivity index is 1.79. The molecule has 3 rings (SSSR count). The van der Waals surface area contributed by atoms with Crippen LogP contribution in [-0.2, 0) is 17.8 Å². The third-order valence-corrected chi connectivity index (χ3v) is 4.43. The summed E-state index contributed by atoms with van der Waals surface area (Å²) in [6.07, 6.45) is 2.00. The van der Waals surface area contributed by atoms with E-state index in [9.17, 15) is 9.18 Å². The van der Waals surface area contributed by atoms with Gasteiger partial charge in [-0.2, -0.15) is 0 Å². The van der Waals surface area contributed by atoms with Crippen molar-refractivity contribution in [3.63, 3.8) is 0 Å². The third kappa shape index (κ3) is 4.65. The second-order valence-corrected chi connectivity index (χ2v) is 6.35. The van der Waals surface area contributed by atoms with Gasteiger partial charge < -0.3 is 15.4 Å². The van der Waals surface area contributed by atoms with Crippen LogP contribution in [0, 0.1) is 5.82 Å². The maximum Gasteiger partial charge on any atom is 0.254 e. The van der Waals surface area contributed by atoms with Gasteiger partial charge in [0.1, 0.15) is 5.82 Å². The van der Waals surface area contributed by atoms with E-state index in [4.69, 9.17) is 10.5 Å². The van der Waals surface area contributed by atoms with Gasteiger partial charge in [0.15, 0.2) is 0 Å². The molecule has 0 bridgehead atoms. The normalized spacial score (nSPS) is 16.8. The van der Waals surface area contributed by atoms with E-state index in [0.717, 1.165) is 30.6 Å². The van der Waals surface area contributed by atoms with E-state index in [1.165, 1.54) is 12.1 Å². The second-order valence-electron chi connectivity index (χ2n) is 6.35. The molecule has 1 fully saturated rings. The van der Waals surface area contributed by atoms with Gasteiger partial charge in [0.05, 0.1) is 6.10 Å². The van der Waals surface area contributed by atoms with Crippen LogP contribution in [0.4, 0.5) is 4.39 Å². The molecule has 2 aromatic carbocycles. The first kappa shape index (κ1) is 17.6. The van der Waals surface area contributed by atoms with Crippen LogP contribution in [0.25, 0.3) is 0 Å². The molecule has 1 aliphatic heterocycles. The summed E-state index contributed by atoms with van der Waals surface area (Å²) in [4.78, 5) is 14.7. The van der Waals surface area contributed by atoms with Gasteiger partial charge in [0, 0.05) is 31.8 Å². The highest BCUT2D eigenvalue weighted by Crippen LogP contribution is 2.18. The molecule has 0 aliphatic carbocycles. The third-order valence-electron chi connectivity index (χ3n) is 4.43. The fourth-order valence-electron chi connectivity index (χ4n) is 3.08. The Kier molecular flexibility index (Phi) is 5.79. The van der Waals surface area contributed by atoms with Crippen LogP contribution >= 0.6 is 0 Å². The number of amides is 1. The minimum absolute atomic E-state index is 0.0424. The summed E-state index contributed by atoms with van der Waals surface area (Å²) in [5.74, 6) is -0.377. The molecule has 1 unspecified atom stereocenters. The van der Waals surface area contributed by atoms with E-state index in [-0.39, 0.29) is 17.8 Å². The van der Waals surface area contributed by atoms with E-state index in [2.05, 4.69) is 0 Å². The van der Waals surface area contributed by atoms with Crippen molar-refractivity contribution in [2.75, 3.05) is 13.2 Å². The van der Waals surface area contributed by atoms with Gasteiger partial charge in [-0.1, -0.05) is 24.3 Å². The SMILES string of the molecule is NCc1ccc(C(=O)N(Cc2cccc(F)c2)CC2CCCO2)cc1. The lowest BCUT2D eigenvalue weighted by Gasteiger charge is -2.26. The number of rotatable bonds is 6. The summed E-state index contributed by atoms with van der Waals surface area (Å²) < 4.78 is 19.2. The van der Waals surface area contributed by atoms with E-state index in [1.807, 2.05) is 18.2 Å². The number of nitrogens with zero attached hydrogens (tertiary/aromatic N) is 1. The van der Waals surface area contributed by atoms with E-state index >= 15 is 0 Å². The largest absolute Gasteiger partial charge is 0.376 e. The summed E-state index contributed by atoms with van der Waals surface area (Å²) >= 11 is 0. The zero-order valence-electron chi connectivity index (χ0n) is 14.2. The average Bonchev–Trinajstić information content (AvgIpc) is 3.14. The summed E-state index contributed by atoms with van der Waals surface area (Å²) in [5, 5.41) is 0. The first-order valence-corrected chi connectivity index (χ1v) is 8.60. The predicted octanol–water partition coefficient (Wildman–Crippen LogP) is 3.11. The monoisotopic (exact) mass is 342 g/mol. The minimum atomic E-state index is -0.297. The Labute approximate surface area is 147 Å². The Bertz CT molecular complexity index is 712. The van der Waals surface area contributed by atoms with Gasteiger partial charge in [-0.3, -0.25) is 4.79 Å². The van der Waals surface area contributed by atoms with Crippen LogP contribution in [0.15, 0.2) is 48.5 Å². The zero-order valence-corrected chi connectivity index (χ0v) is 14.2. The Morgan fingerprint density at radius 3 is 2.64 bits per heavy atom. The van der Waals surface area contributed by atoms with Crippen LogP contribution < -0.4 is 5.73 Å². The van der Waals surface area contributed by atoms with Gasteiger partial charge in [-0.25, -0.2) is 4.39 Å². The number of halogens is 1. The molecular weight excluding hydrogens is 319 g/mol. The number of carbonyl (C=O) groups excluding carboxylic acids is 1. The highest BCUT2D eigenvalue weighted by atomic mass is 19.1. The van der Waals surface area contributed by atoms with Crippen molar-refractivity contribution in [2.45, 2.75) is 32.0 Å². The number of ether oxygens (including phenoxy) is 1. The maximum atomic E-state index is 13.5. The molecule has 2 aromatic rings. The van der Waals surface area contributed by atoms with Gasteiger partial charge in [-0.05, 0) is 48.2 Å². The summed E-state index contributed by atoms with van der Waals surface area (Å²) in [5.41, 5.74) is 7.96. The van der Waals surface area contributed by atoms with Crippen molar-refractivity contribution in [3.8, 4) is 0 Å². The van der Waals surface area contributed by atoms with Crippen LogP contribution in [0.2, 0.25) is 0 Å². The molecular formula is C20H23FN2O2. The van der Waals surface area contributed by atoms with E-state index < -0.39 is 0 Å². The molecule has 1 amide bonds. The number of carbonyl (C=O) groups is 1. The summed E-state index contributed by atoms with van der Waals surface area (Å²) in [6.45, 7) is 2.04. The summed E-state index contributed by atoms with van der Waals surface area (Å²) in [7, 11) is 0. The molecule has 4 nitrogen and oxygen atoms in total. The van der Waals surface area contributed by atoms with Crippen LogP contribution in [0.3, 0.4) is 0 Å². The lowest BCUT2D eigenvalue weighted by atomic mass is 10.1. The maximum absolute atomic E-state index is 13.5. The van der Waals surface area contributed by atoms with Gasteiger partial charge in [0.25, 0.3) is 5.91 Å². The van der Waals surface area contributed by atoms with Crippen molar-refractivity contribution < 1.29 is 13.9 Å². The molecule has 1 heterocycles. The van der Waals surface area contributed by atoms with Crippen LogP contribution in [0.1, 0.15) is 34.3 Å². The highest BCUT2D eigenvalue weighted by molar-refractivity contribution is 5.94. The molecule has 5 heteroatoms. The van der Waals surface area contributed by atoms with Crippen molar-refractivity contribution >= 4 is 5.91 Å². The Morgan fingerprint density at radius 1 is 1.20 bits per heavy atom. The topological polar surface area (TPSA) is 55.6 Å². The molecule has 0 aromatic heterocycles. The van der Waals surface area contributed by atoms with E-state index in [0.29, 0.717) is 25.2 Å². The second kappa shape index (κ2) is 8.23. The Hall–Kier alpha value is -2.24. The number of nitrogens with two attached hydrogens (primary N) is 1. The fourth-order valence-corrected chi connectivity index (χ4v) is 3.08. The number of benzene rings is 2. The highest BCUT2D eigenvalue weighted by Gasteiger charge is 2.23. The lowest BCUT2D eigenvalue weighted by molar-refractivity contribution is 0.0507. The number of hydrogen-bond acceptors (Lipinski definition) is 3. The molecule has 0 spiro atoms. The van der Waals surface area contributed by atoms with Crippen molar-refractivity contribution in [2.24, 2.45) is 5.73 Å². The number of hydrogen-bond donors (Lipinski definition) is 1. The molecule has 25 heavy (non-hydrogen) atoms. The molecule has 132 valence electrons. The molecule has 0 saturated carbocycles. The molecule has 1 aliphatic rings. The summed E-state index contributed by atoms with van der Waals surface area (Å²) in [6, 6.07) is 13.7. The Morgan fingerprint density at radius 2 is 2.00 bits per heavy atom. The average molecular weight is 342 g/mol. The van der Waals surface area contributed by atoms with Crippen molar-refractivity contribution in [1.29, 1.82) is 0 Å². The zero-order chi connectivity index (χ0) is 17.6. The molecule has 1 saturated heterocycles. The standard InChI is InChI=1S/C20H23FN2O2/c21-18-4-1-3-16(11-18)13-23(14-19-5-2-10-25-19)20(24)17-8-6-15(12-22)7-9-17/h1,3-4,6-9,11,19H,2,5,10,12-14,22H2. The lowest BCUT2D eigenvalue weighted by Crippen LogP contribution is -2.37. The first-order valence-electron chi connectivity index (χ1n) is 8.60. The van der Waals surface area contributed by atoms with Crippen LogP contribution in [-0.4, -0.2) is 30.1 Å².